The van der Waals surface area contributed by atoms with Crippen molar-refractivity contribution in [1.82, 2.24) is 10.2 Å². The molecule has 192 valence electrons. The number of carbonyl (C=O) groups is 2. The maximum absolute atomic E-state index is 13.7. The number of hydrogen-bond donors (Lipinski definition) is 1. The van der Waals surface area contributed by atoms with E-state index >= 15 is 0 Å². The number of carbonyl (C=O) groups excluding carboxylic acids is 2. The van der Waals surface area contributed by atoms with Gasteiger partial charge in [-0.05, 0) is 48.1 Å². The van der Waals surface area contributed by atoms with Crippen LogP contribution in [0.15, 0.2) is 48.5 Å². The Morgan fingerprint density at radius 3 is 2.20 bits per heavy atom. The van der Waals surface area contributed by atoms with Gasteiger partial charge in [0, 0.05) is 18.1 Å². The highest BCUT2D eigenvalue weighted by Crippen LogP contribution is 2.24. The van der Waals surface area contributed by atoms with Crippen molar-refractivity contribution in [2.75, 3.05) is 23.7 Å². The fraction of sp³-hybridized carbons (Fsp3) is 0.462. The summed E-state index contributed by atoms with van der Waals surface area (Å²) in [6.45, 7) is 7.98. The number of para-hydroxylation sites is 1. The largest absolute Gasteiger partial charge is 0.354 e. The maximum Gasteiger partial charge on any atom is 0.244 e. The van der Waals surface area contributed by atoms with Crippen LogP contribution in [0.3, 0.4) is 0 Å². The highest BCUT2D eigenvalue weighted by molar-refractivity contribution is 7.92. The smallest absolute Gasteiger partial charge is 0.244 e. The predicted molar refractivity (Wildman–Crippen MR) is 142 cm³/mol. The first kappa shape index (κ1) is 28.7. The third-order valence-corrected chi connectivity index (χ3v) is 7.04. The van der Waals surface area contributed by atoms with Gasteiger partial charge in [-0.15, -0.1) is 0 Å². The molecule has 1 atom stereocenters. The predicted octanol–water partition coefficient (Wildman–Crippen LogP) is 4.25. The second-order valence-electron chi connectivity index (χ2n) is 8.96. The summed E-state index contributed by atoms with van der Waals surface area (Å²) in [5.41, 5.74) is 2.07. The first-order valence-corrected chi connectivity index (χ1v) is 14.1. The lowest BCUT2D eigenvalue weighted by Crippen LogP contribution is -2.52. The lowest BCUT2D eigenvalue weighted by Gasteiger charge is -2.33. The Kier molecular flexibility index (Phi) is 10.6. The molecule has 2 aromatic carbocycles. The minimum atomic E-state index is -3.76. The van der Waals surface area contributed by atoms with E-state index in [1.807, 2.05) is 39.8 Å². The molecular formula is C26H36ClN3O4S. The fourth-order valence-corrected chi connectivity index (χ4v) is 4.78. The number of nitrogens with zero attached hydrogens (tertiary/aromatic N) is 2. The van der Waals surface area contributed by atoms with Crippen LogP contribution in [0.25, 0.3) is 0 Å². The zero-order valence-electron chi connectivity index (χ0n) is 21.1. The Labute approximate surface area is 214 Å². The van der Waals surface area contributed by atoms with Gasteiger partial charge in [0.2, 0.25) is 21.8 Å². The van der Waals surface area contributed by atoms with Crippen molar-refractivity contribution in [3.8, 4) is 0 Å². The van der Waals surface area contributed by atoms with Gasteiger partial charge in [0.1, 0.15) is 12.6 Å². The SMILES string of the molecule is CCc1ccccc1N(CC(=O)N(Cc1ccc(Cl)cc1)[C@H](CC)C(=O)NCC(C)C)S(C)(=O)=O. The third-order valence-electron chi connectivity index (χ3n) is 5.66. The summed E-state index contributed by atoms with van der Waals surface area (Å²) in [7, 11) is -3.76. The Morgan fingerprint density at radius 1 is 1.03 bits per heavy atom. The molecule has 0 heterocycles. The van der Waals surface area contributed by atoms with E-state index in [9.17, 15) is 18.0 Å². The van der Waals surface area contributed by atoms with Crippen molar-refractivity contribution < 1.29 is 18.0 Å². The number of halogens is 1. The fourth-order valence-electron chi connectivity index (χ4n) is 3.78. The molecule has 2 amide bonds. The standard InChI is InChI=1S/C26H36ClN3O4S/c1-6-21-10-8-9-11-24(21)30(35(5,33)34)18-25(31)29(17-20-12-14-22(27)15-13-20)23(7-2)26(32)28-16-19(3)4/h8-15,19,23H,6-7,16-18H2,1-5H3,(H,28,32)/t23-/m1/s1. The summed E-state index contributed by atoms with van der Waals surface area (Å²) < 4.78 is 26.7. The Bertz CT molecular complexity index is 1100. The van der Waals surface area contributed by atoms with Crippen LogP contribution in [-0.2, 0) is 32.6 Å². The summed E-state index contributed by atoms with van der Waals surface area (Å²) in [4.78, 5) is 28.2. The monoisotopic (exact) mass is 521 g/mol. The van der Waals surface area contributed by atoms with Gasteiger partial charge >= 0.3 is 0 Å². The van der Waals surface area contributed by atoms with Gasteiger partial charge < -0.3 is 10.2 Å². The van der Waals surface area contributed by atoms with E-state index < -0.39 is 28.5 Å². The normalized spacial score (nSPS) is 12.3. The number of anilines is 1. The van der Waals surface area contributed by atoms with Crippen LogP contribution in [0.5, 0.6) is 0 Å². The second-order valence-corrected chi connectivity index (χ2v) is 11.3. The molecule has 2 rings (SSSR count). The van der Waals surface area contributed by atoms with Crippen molar-refractivity contribution in [3.05, 3.63) is 64.7 Å². The molecule has 2 aromatic rings. The van der Waals surface area contributed by atoms with Gasteiger partial charge in [-0.2, -0.15) is 0 Å². The molecule has 0 radical (unpaired) electrons. The van der Waals surface area contributed by atoms with Gasteiger partial charge in [0.05, 0.1) is 11.9 Å². The van der Waals surface area contributed by atoms with Crippen molar-refractivity contribution in [3.63, 3.8) is 0 Å². The molecule has 0 saturated heterocycles. The van der Waals surface area contributed by atoms with Crippen LogP contribution in [0.4, 0.5) is 5.69 Å². The van der Waals surface area contributed by atoms with E-state index in [2.05, 4.69) is 5.32 Å². The van der Waals surface area contributed by atoms with Crippen LogP contribution in [0.2, 0.25) is 5.02 Å². The summed E-state index contributed by atoms with van der Waals surface area (Å²) in [5, 5.41) is 3.47. The number of hydrogen-bond acceptors (Lipinski definition) is 4. The molecule has 9 heteroatoms. The molecule has 0 aliphatic carbocycles. The zero-order valence-corrected chi connectivity index (χ0v) is 22.7. The highest BCUT2D eigenvalue weighted by atomic mass is 35.5. The van der Waals surface area contributed by atoms with E-state index in [1.54, 1.807) is 36.4 Å². The molecule has 0 aliphatic heterocycles. The van der Waals surface area contributed by atoms with Crippen LogP contribution >= 0.6 is 11.6 Å². The summed E-state index contributed by atoms with van der Waals surface area (Å²) in [6.07, 6.45) is 2.08. The second kappa shape index (κ2) is 12.9. The van der Waals surface area contributed by atoms with Crippen LogP contribution in [-0.4, -0.2) is 50.5 Å². The molecule has 35 heavy (non-hydrogen) atoms. The van der Waals surface area contributed by atoms with E-state index in [1.165, 1.54) is 4.90 Å². The number of sulfonamides is 1. The maximum atomic E-state index is 13.7. The first-order chi connectivity index (χ1) is 16.5. The molecule has 0 unspecified atom stereocenters. The number of benzene rings is 2. The van der Waals surface area contributed by atoms with Gasteiger partial charge in [-0.3, -0.25) is 13.9 Å². The summed E-state index contributed by atoms with van der Waals surface area (Å²) in [5.74, 6) is -0.464. The molecule has 1 N–H and O–H groups in total. The van der Waals surface area contributed by atoms with Crippen LogP contribution in [0, 0.1) is 5.92 Å². The Balaban J connectivity index is 2.44. The molecule has 0 spiro atoms. The van der Waals surface area contributed by atoms with Crippen molar-refractivity contribution in [2.45, 2.75) is 53.1 Å². The van der Waals surface area contributed by atoms with E-state index in [0.29, 0.717) is 30.1 Å². The summed E-state index contributed by atoms with van der Waals surface area (Å²) >= 11 is 6.02. The number of rotatable bonds is 12. The van der Waals surface area contributed by atoms with Gasteiger partial charge in [0.25, 0.3) is 0 Å². The van der Waals surface area contributed by atoms with Crippen LogP contribution in [0.1, 0.15) is 45.2 Å². The Morgan fingerprint density at radius 2 is 1.66 bits per heavy atom. The van der Waals surface area contributed by atoms with Crippen molar-refractivity contribution in [1.29, 1.82) is 0 Å². The lowest BCUT2D eigenvalue weighted by atomic mass is 10.1. The average Bonchev–Trinajstić information content (AvgIpc) is 2.81. The van der Waals surface area contributed by atoms with Gasteiger partial charge in [-0.1, -0.05) is 69.6 Å². The molecule has 0 fully saturated rings. The molecular weight excluding hydrogens is 486 g/mol. The third kappa shape index (κ3) is 8.25. The molecule has 0 saturated carbocycles. The molecule has 0 aliphatic rings. The molecule has 0 aromatic heterocycles. The topological polar surface area (TPSA) is 86.8 Å². The van der Waals surface area contributed by atoms with E-state index in [-0.39, 0.29) is 18.4 Å². The lowest BCUT2D eigenvalue weighted by molar-refractivity contribution is -0.140. The van der Waals surface area contributed by atoms with Gasteiger partial charge in [-0.25, -0.2) is 8.42 Å². The minimum absolute atomic E-state index is 0.149. The number of nitrogens with one attached hydrogen (secondary N) is 1. The van der Waals surface area contributed by atoms with Crippen molar-refractivity contribution in [2.24, 2.45) is 5.92 Å². The Hall–Kier alpha value is -2.58. The minimum Gasteiger partial charge on any atom is -0.354 e. The van der Waals surface area contributed by atoms with Gasteiger partial charge in [0.15, 0.2) is 0 Å². The van der Waals surface area contributed by atoms with E-state index in [4.69, 9.17) is 11.6 Å². The summed E-state index contributed by atoms with van der Waals surface area (Å²) in [6, 6.07) is 13.4. The first-order valence-electron chi connectivity index (χ1n) is 11.8. The molecule has 7 nitrogen and oxygen atoms in total. The molecule has 0 bridgehead atoms. The number of aryl methyl sites for hydroxylation is 1. The average molecular weight is 522 g/mol. The van der Waals surface area contributed by atoms with E-state index in [0.717, 1.165) is 21.7 Å². The van der Waals surface area contributed by atoms with Crippen LogP contribution < -0.4 is 9.62 Å². The number of amides is 2. The quantitative estimate of drug-likeness (QED) is 0.452. The van der Waals surface area contributed by atoms with Crippen molar-refractivity contribution >= 4 is 39.1 Å². The zero-order chi connectivity index (χ0) is 26.2. The highest BCUT2D eigenvalue weighted by Gasteiger charge is 2.32.